The Morgan fingerprint density at radius 2 is 2.05 bits per heavy atom. The van der Waals surface area contributed by atoms with Gasteiger partial charge in [0.25, 0.3) is 0 Å². The highest BCUT2D eigenvalue weighted by Gasteiger charge is 2.23. The molecule has 0 bridgehead atoms. The number of nitrogens with one attached hydrogen (secondary N) is 1. The number of amides is 1. The lowest BCUT2D eigenvalue weighted by molar-refractivity contribution is -0.120. The van der Waals surface area contributed by atoms with E-state index in [1.165, 1.54) is 21.9 Å². The molecular formula is C17H19NO. The molecule has 3 rings (SSSR count). The zero-order valence-electron chi connectivity index (χ0n) is 11.3. The summed E-state index contributed by atoms with van der Waals surface area (Å²) in [6, 6.07) is 13.1. The van der Waals surface area contributed by atoms with Crippen LogP contribution in [0.5, 0.6) is 0 Å². The zero-order valence-corrected chi connectivity index (χ0v) is 11.3. The summed E-state index contributed by atoms with van der Waals surface area (Å²) in [7, 11) is 0. The second-order valence-corrected chi connectivity index (χ2v) is 5.26. The Kier molecular flexibility index (Phi) is 3.24. The molecule has 1 amide bonds. The van der Waals surface area contributed by atoms with Crippen LogP contribution in [0.1, 0.15) is 36.8 Å². The van der Waals surface area contributed by atoms with Gasteiger partial charge in [-0.3, -0.25) is 4.79 Å². The van der Waals surface area contributed by atoms with E-state index in [9.17, 15) is 4.79 Å². The van der Waals surface area contributed by atoms with Gasteiger partial charge in [0.1, 0.15) is 0 Å². The molecule has 0 aliphatic heterocycles. The van der Waals surface area contributed by atoms with Crippen molar-refractivity contribution in [1.29, 1.82) is 0 Å². The third-order valence-corrected chi connectivity index (χ3v) is 4.07. The monoisotopic (exact) mass is 253 g/mol. The minimum Gasteiger partial charge on any atom is -0.356 e. The topological polar surface area (TPSA) is 29.1 Å². The van der Waals surface area contributed by atoms with Crippen LogP contribution in [0.25, 0.3) is 10.8 Å². The molecule has 98 valence electrons. The van der Waals surface area contributed by atoms with Crippen LogP contribution in [0.15, 0.2) is 36.4 Å². The lowest BCUT2D eigenvalue weighted by Crippen LogP contribution is -2.24. The summed E-state index contributed by atoms with van der Waals surface area (Å²) in [5, 5.41) is 5.76. The number of hydrogen-bond acceptors (Lipinski definition) is 1. The Bertz CT molecular complexity index is 612. The summed E-state index contributed by atoms with van der Waals surface area (Å²) in [5.41, 5.74) is 2.92. The standard InChI is InChI=1S/C17H19NO/c1-2-16(19)18-10-9-13-11-14-7-3-5-12-6-4-8-15(13)17(12)14/h3-8,13H,2,9-11H2,1H3,(H,18,19). The summed E-state index contributed by atoms with van der Waals surface area (Å²) < 4.78 is 0. The van der Waals surface area contributed by atoms with Crippen molar-refractivity contribution in [2.75, 3.05) is 6.54 Å². The summed E-state index contributed by atoms with van der Waals surface area (Å²) in [6.07, 6.45) is 2.71. The molecule has 0 saturated heterocycles. The predicted octanol–water partition coefficient (Wildman–Crippen LogP) is 3.40. The lowest BCUT2D eigenvalue weighted by atomic mass is 9.97. The molecule has 1 unspecified atom stereocenters. The highest BCUT2D eigenvalue weighted by atomic mass is 16.1. The van der Waals surface area contributed by atoms with Crippen LogP contribution in [-0.2, 0) is 11.2 Å². The van der Waals surface area contributed by atoms with Crippen molar-refractivity contribution < 1.29 is 4.79 Å². The fourth-order valence-corrected chi connectivity index (χ4v) is 3.10. The Labute approximate surface area is 113 Å². The van der Waals surface area contributed by atoms with E-state index < -0.39 is 0 Å². The van der Waals surface area contributed by atoms with Gasteiger partial charge in [-0.15, -0.1) is 0 Å². The van der Waals surface area contributed by atoms with Crippen LogP contribution in [0.2, 0.25) is 0 Å². The minimum absolute atomic E-state index is 0.147. The molecule has 1 aliphatic carbocycles. The predicted molar refractivity (Wildman–Crippen MR) is 78.3 cm³/mol. The van der Waals surface area contributed by atoms with E-state index in [1.807, 2.05) is 6.92 Å². The van der Waals surface area contributed by atoms with Crippen LogP contribution < -0.4 is 5.32 Å². The molecule has 19 heavy (non-hydrogen) atoms. The molecule has 1 atom stereocenters. The molecule has 0 saturated carbocycles. The Morgan fingerprint density at radius 3 is 2.84 bits per heavy atom. The van der Waals surface area contributed by atoms with Crippen molar-refractivity contribution >= 4 is 16.7 Å². The summed E-state index contributed by atoms with van der Waals surface area (Å²) in [4.78, 5) is 11.3. The minimum atomic E-state index is 0.147. The van der Waals surface area contributed by atoms with E-state index in [1.54, 1.807) is 0 Å². The van der Waals surface area contributed by atoms with E-state index in [0.717, 1.165) is 19.4 Å². The molecule has 0 fully saturated rings. The molecule has 2 heteroatoms. The number of benzene rings is 2. The van der Waals surface area contributed by atoms with Gasteiger partial charge in [-0.1, -0.05) is 43.3 Å². The molecule has 0 aromatic heterocycles. The molecule has 0 radical (unpaired) electrons. The highest BCUT2D eigenvalue weighted by molar-refractivity contribution is 5.91. The van der Waals surface area contributed by atoms with E-state index in [-0.39, 0.29) is 5.91 Å². The largest absolute Gasteiger partial charge is 0.356 e. The maximum Gasteiger partial charge on any atom is 0.219 e. The molecule has 1 N–H and O–H groups in total. The molecule has 1 aliphatic rings. The van der Waals surface area contributed by atoms with Gasteiger partial charge in [0.05, 0.1) is 0 Å². The van der Waals surface area contributed by atoms with Gasteiger partial charge in [0.15, 0.2) is 0 Å². The first kappa shape index (κ1) is 12.2. The number of rotatable bonds is 4. The van der Waals surface area contributed by atoms with Crippen molar-refractivity contribution in [3.63, 3.8) is 0 Å². The Hall–Kier alpha value is -1.83. The van der Waals surface area contributed by atoms with Crippen LogP contribution in [0, 0.1) is 0 Å². The van der Waals surface area contributed by atoms with Crippen molar-refractivity contribution in [3.8, 4) is 0 Å². The van der Waals surface area contributed by atoms with Crippen LogP contribution in [0.4, 0.5) is 0 Å². The van der Waals surface area contributed by atoms with Gasteiger partial charge in [0.2, 0.25) is 5.91 Å². The number of carbonyl (C=O) groups is 1. The smallest absolute Gasteiger partial charge is 0.219 e. The van der Waals surface area contributed by atoms with Gasteiger partial charge in [-0.25, -0.2) is 0 Å². The molecule has 2 aromatic rings. The molecule has 2 nitrogen and oxygen atoms in total. The zero-order chi connectivity index (χ0) is 13.2. The Morgan fingerprint density at radius 1 is 1.26 bits per heavy atom. The first-order valence-corrected chi connectivity index (χ1v) is 7.07. The van der Waals surface area contributed by atoms with E-state index >= 15 is 0 Å². The van der Waals surface area contributed by atoms with E-state index in [2.05, 4.69) is 41.7 Å². The molecular weight excluding hydrogens is 234 g/mol. The maximum atomic E-state index is 11.3. The van der Waals surface area contributed by atoms with Crippen molar-refractivity contribution in [1.82, 2.24) is 5.32 Å². The number of hydrogen-bond donors (Lipinski definition) is 1. The van der Waals surface area contributed by atoms with E-state index in [4.69, 9.17) is 0 Å². The third-order valence-electron chi connectivity index (χ3n) is 4.07. The maximum absolute atomic E-state index is 11.3. The quantitative estimate of drug-likeness (QED) is 0.889. The summed E-state index contributed by atoms with van der Waals surface area (Å²) in [6.45, 7) is 2.67. The van der Waals surface area contributed by atoms with Gasteiger partial charge in [0, 0.05) is 13.0 Å². The number of carbonyl (C=O) groups excluding carboxylic acids is 1. The first-order chi connectivity index (χ1) is 9.29. The third kappa shape index (κ3) is 2.23. The first-order valence-electron chi connectivity index (χ1n) is 7.07. The Balaban J connectivity index is 1.78. The van der Waals surface area contributed by atoms with Crippen LogP contribution in [-0.4, -0.2) is 12.5 Å². The summed E-state index contributed by atoms with van der Waals surface area (Å²) >= 11 is 0. The van der Waals surface area contributed by atoms with Crippen molar-refractivity contribution in [2.24, 2.45) is 0 Å². The highest BCUT2D eigenvalue weighted by Crippen LogP contribution is 2.39. The van der Waals surface area contributed by atoms with E-state index in [0.29, 0.717) is 12.3 Å². The van der Waals surface area contributed by atoms with Crippen molar-refractivity contribution in [2.45, 2.75) is 32.1 Å². The lowest BCUT2D eigenvalue weighted by Gasteiger charge is -2.12. The van der Waals surface area contributed by atoms with Crippen LogP contribution >= 0.6 is 0 Å². The van der Waals surface area contributed by atoms with Crippen molar-refractivity contribution in [3.05, 3.63) is 47.5 Å². The van der Waals surface area contributed by atoms with Gasteiger partial charge >= 0.3 is 0 Å². The second kappa shape index (κ2) is 5.04. The summed E-state index contributed by atoms with van der Waals surface area (Å²) in [5.74, 6) is 0.701. The molecule has 0 spiro atoms. The fourth-order valence-electron chi connectivity index (χ4n) is 3.10. The van der Waals surface area contributed by atoms with Gasteiger partial charge in [-0.2, -0.15) is 0 Å². The van der Waals surface area contributed by atoms with Gasteiger partial charge < -0.3 is 5.32 Å². The average Bonchev–Trinajstić information content (AvgIpc) is 2.80. The molecule has 0 heterocycles. The fraction of sp³-hybridized carbons (Fsp3) is 0.353. The SMILES string of the molecule is CCC(=O)NCCC1Cc2cccc3cccc1c23. The normalized spacial score (nSPS) is 16.8. The average molecular weight is 253 g/mol. The second-order valence-electron chi connectivity index (χ2n) is 5.26. The van der Waals surface area contributed by atoms with Crippen LogP contribution in [0.3, 0.4) is 0 Å². The molecule has 2 aromatic carbocycles. The van der Waals surface area contributed by atoms with Gasteiger partial charge in [-0.05, 0) is 40.7 Å².